The van der Waals surface area contributed by atoms with E-state index in [1.165, 1.54) is 6.07 Å². The Bertz CT molecular complexity index is 1230. The maximum atomic E-state index is 14.4. The third kappa shape index (κ3) is 3.70. The lowest BCUT2D eigenvalue weighted by molar-refractivity contribution is -0.137. The average Bonchev–Trinajstić information content (AvgIpc) is 2.96. The number of alkyl halides is 3. The standard InChI is InChI=1S/C16H9F5N2O3S2/c17-11-6-14(28(22,25)26)12(18)5-10(11)13-7-27-15(24)23(13)9-3-1-2-8(4-9)16(19,20)21/h1-7H,(H2,22,25,26). The number of thiazole rings is 1. The van der Waals surface area contributed by atoms with Crippen molar-refractivity contribution in [1.82, 2.24) is 4.57 Å². The van der Waals surface area contributed by atoms with Gasteiger partial charge in [0.1, 0.15) is 16.5 Å². The molecule has 0 aliphatic heterocycles. The second-order valence-electron chi connectivity index (χ2n) is 5.58. The van der Waals surface area contributed by atoms with Crippen LogP contribution >= 0.6 is 11.3 Å². The maximum absolute atomic E-state index is 14.4. The van der Waals surface area contributed by atoms with Crippen LogP contribution in [0.4, 0.5) is 22.0 Å². The lowest BCUT2D eigenvalue weighted by atomic mass is 10.1. The lowest BCUT2D eigenvalue weighted by Gasteiger charge is -2.12. The van der Waals surface area contributed by atoms with Gasteiger partial charge in [-0.15, -0.1) is 0 Å². The normalized spacial score (nSPS) is 12.4. The second-order valence-corrected chi connectivity index (χ2v) is 7.93. The molecule has 2 N–H and O–H groups in total. The van der Waals surface area contributed by atoms with Crippen LogP contribution in [0.15, 0.2) is 51.5 Å². The number of rotatable bonds is 3. The first-order valence-corrected chi connectivity index (χ1v) is 9.72. The first-order valence-electron chi connectivity index (χ1n) is 7.30. The Hall–Kier alpha value is -2.57. The molecule has 0 spiro atoms. The molecule has 0 atom stereocenters. The van der Waals surface area contributed by atoms with Gasteiger partial charge in [-0.2, -0.15) is 13.2 Å². The average molecular weight is 436 g/mol. The molecule has 0 unspecified atom stereocenters. The largest absolute Gasteiger partial charge is 0.416 e. The van der Waals surface area contributed by atoms with E-state index in [1.807, 2.05) is 0 Å². The molecule has 0 saturated heterocycles. The summed E-state index contributed by atoms with van der Waals surface area (Å²) in [7, 11) is -4.54. The van der Waals surface area contributed by atoms with Gasteiger partial charge in [0.15, 0.2) is 0 Å². The molecule has 0 aliphatic carbocycles. The number of halogens is 5. The molecule has 5 nitrogen and oxygen atoms in total. The molecule has 2 aromatic carbocycles. The Morgan fingerprint density at radius 3 is 2.32 bits per heavy atom. The smallest absolute Gasteiger partial charge is 0.267 e. The third-order valence-corrected chi connectivity index (χ3v) is 5.38. The van der Waals surface area contributed by atoms with Crippen LogP contribution in [-0.4, -0.2) is 13.0 Å². The fraction of sp³-hybridized carbons (Fsp3) is 0.0625. The summed E-state index contributed by atoms with van der Waals surface area (Å²) in [5.41, 5.74) is -2.01. The summed E-state index contributed by atoms with van der Waals surface area (Å²) < 4.78 is 90.7. The number of hydrogen-bond acceptors (Lipinski definition) is 4. The van der Waals surface area contributed by atoms with E-state index >= 15 is 0 Å². The van der Waals surface area contributed by atoms with Crippen LogP contribution in [0.5, 0.6) is 0 Å². The molecule has 28 heavy (non-hydrogen) atoms. The van der Waals surface area contributed by atoms with Crippen LogP contribution in [0.2, 0.25) is 0 Å². The highest BCUT2D eigenvalue weighted by molar-refractivity contribution is 7.89. The molecule has 0 aliphatic rings. The fourth-order valence-electron chi connectivity index (χ4n) is 2.50. The van der Waals surface area contributed by atoms with E-state index in [4.69, 9.17) is 5.14 Å². The van der Waals surface area contributed by atoms with Crippen molar-refractivity contribution in [2.24, 2.45) is 5.14 Å². The highest BCUT2D eigenvalue weighted by atomic mass is 32.2. The van der Waals surface area contributed by atoms with E-state index in [2.05, 4.69) is 0 Å². The van der Waals surface area contributed by atoms with Crippen LogP contribution in [0.3, 0.4) is 0 Å². The molecule has 1 heterocycles. The van der Waals surface area contributed by atoms with Crippen LogP contribution in [0, 0.1) is 11.6 Å². The number of aromatic nitrogens is 1. The summed E-state index contributed by atoms with van der Waals surface area (Å²) in [5, 5.41) is 5.93. The number of nitrogens with two attached hydrogens (primary N) is 1. The molecule has 0 saturated carbocycles. The van der Waals surface area contributed by atoms with Crippen LogP contribution in [-0.2, 0) is 16.2 Å². The topological polar surface area (TPSA) is 82.2 Å². The Balaban J connectivity index is 2.24. The minimum Gasteiger partial charge on any atom is -0.267 e. The number of nitrogens with zero attached hydrogens (tertiary/aromatic N) is 1. The molecule has 3 rings (SSSR count). The summed E-state index contributed by atoms with van der Waals surface area (Å²) >= 11 is 0.552. The zero-order chi connectivity index (χ0) is 20.9. The van der Waals surface area contributed by atoms with E-state index in [0.29, 0.717) is 29.5 Å². The molecule has 0 radical (unpaired) electrons. The van der Waals surface area contributed by atoms with Gasteiger partial charge in [0.25, 0.3) is 0 Å². The van der Waals surface area contributed by atoms with Gasteiger partial charge in [0.2, 0.25) is 10.0 Å². The van der Waals surface area contributed by atoms with Gasteiger partial charge in [0, 0.05) is 10.9 Å². The maximum Gasteiger partial charge on any atom is 0.416 e. The minimum absolute atomic E-state index is 0.216. The number of hydrogen-bond donors (Lipinski definition) is 1. The van der Waals surface area contributed by atoms with Gasteiger partial charge < -0.3 is 0 Å². The quantitative estimate of drug-likeness (QED) is 0.638. The van der Waals surface area contributed by atoms with E-state index < -0.39 is 48.7 Å². The van der Waals surface area contributed by atoms with Crippen molar-refractivity contribution in [3.63, 3.8) is 0 Å². The first kappa shape index (κ1) is 20.2. The molecular weight excluding hydrogens is 427 g/mol. The van der Waals surface area contributed by atoms with Gasteiger partial charge in [-0.3, -0.25) is 9.36 Å². The molecular formula is C16H9F5N2O3S2. The second kappa shape index (κ2) is 6.79. The molecule has 0 bridgehead atoms. The van der Waals surface area contributed by atoms with Crippen molar-refractivity contribution in [3.8, 4) is 16.9 Å². The predicted octanol–water partition coefficient (Wildman–Crippen LogP) is 3.51. The van der Waals surface area contributed by atoms with Gasteiger partial charge in [-0.05, 0) is 30.3 Å². The highest BCUT2D eigenvalue weighted by Gasteiger charge is 2.31. The molecule has 1 aromatic heterocycles. The Kier molecular flexibility index (Phi) is 4.89. The molecule has 148 valence electrons. The summed E-state index contributed by atoms with van der Waals surface area (Å²) in [4.78, 5) is 10.3. The van der Waals surface area contributed by atoms with E-state index in [1.54, 1.807) is 0 Å². The van der Waals surface area contributed by atoms with Gasteiger partial charge >= 0.3 is 11.0 Å². The Morgan fingerprint density at radius 2 is 1.71 bits per heavy atom. The molecule has 3 aromatic rings. The summed E-state index contributed by atoms with van der Waals surface area (Å²) in [5.74, 6) is -2.59. The monoisotopic (exact) mass is 436 g/mol. The summed E-state index contributed by atoms with van der Waals surface area (Å²) in [6, 6.07) is 4.60. The zero-order valence-corrected chi connectivity index (χ0v) is 15.1. The number of primary sulfonamides is 1. The van der Waals surface area contributed by atoms with Crippen LogP contribution in [0.25, 0.3) is 16.9 Å². The van der Waals surface area contributed by atoms with Crippen molar-refractivity contribution in [2.45, 2.75) is 11.1 Å². The fourth-order valence-corrected chi connectivity index (χ4v) is 3.86. The summed E-state index contributed by atoms with van der Waals surface area (Å²) in [6.45, 7) is 0. The minimum atomic E-state index is -4.68. The molecule has 0 fully saturated rings. The van der Waals surface area contributed by atoms with Crippen LogP contribution < -0.4 is 10.0 Å². The zero-order valence-electron chi connectivity index (χ0n) is 13.5. The van der Waals surface area contributed by atoms with Crippen LogP contribution in [0.1, 0.15) is 5.56 Å². The first-order chi connectivity index (χ1) is 12.9. The van der Waals surface area contributed by atoms with Crippen molar-refractivity contribution in [2.75, 3.05) is 0 Å². The number of sulfonamides is 1. The van der Waals surface area contributed by atoms with Crippen molar-refractivity contribution < 1.29 is 30.4 Å². The molecule has 0 amide bonds. The Morgan fingerprint density at radius 1 is 1.04 bits per heavy atom. The van der Waals surface area contributed by atoms with Crippen molar-refractivity contribution in [3.05, 3.63) is 68.6 Å². The highest BCUT2D eigenvalue weighted by Crippen LogP contribution is 2.33. The SMILES string of the molecule is NS(=O)(=O)c1cc(F)c(-c2csc(=O)n2-c2cccc(C(F)(F)F)c2)cc1F. The third-order valence-electron chi connectivity index (χ3n) is 3.73. The predicted molar refractivity (Wildman–Crippen MR) is 91.6 cm³/mol. The lowest BCUT2D eigenvalue weighted by Crippen LogP contribution is -2.16. The van der Waals surface area contributed by atoms with Gasteiger partial charge in [-0.25, -0.2) is 22.3 Å². The van der Waals surface area contributed by atoms with Crippen molar-refractivity contribution >= 4 is 21.4 Å². The van der Waals surface area contributed by atoms with E-state index in [-0.39, 0.29) is 11.4 Å². The number of benzene rings is 2. The van der Waals surface area contributed by atoms with Gasteiger partial charge in [-0.1, -0.05) is 17.4 Å². The van der Waals surface area contributed by atoms with E-state index in [0.717, 1.165) is 22.1 Å². The van der Waals surface area contributed by atoms with Crippen molar-refractivity contribution in [1.29, 1.82) is 0 Å². The van der Waals surface area contributed by atoms with Gasteiger partial charge in [0.05, 0.1) is 16.9 Å². The Labute approximate surface area is 158 Å². The molecule has 12 heteroatoms. The van der Waals surface area contributed by atoms with E-state index in [9.17, 15) is 35.2 Å². The summed E-state index contributed by atoms with van der Waals surface area (Å²) in [6.07, 6.45) is -4.68.